The van der Waals surface area contributed by atoms with Crippen LogP contribution >= 0.6 is 0 Å². The van der Waals surface area contributed by atoms with Gasteiger partial charge in [-0.15, -0.1) is 0 Å². The molecule has 3 rings (SSSR count). The SMILES string of the molecule is CCCCCCCCCCCCCCOc1cccc(C(=O)Oc2ccc(C(=O)Oc3ccc(OCCCCCCCC)cc3)cc2)c1C. The van der Waals surface area contributed by atoms with Gasteiger partial charge in [-0.25, -0.2) is 9.59 Å². The minimum Gasteiger partial charge on any atom is -0.494 e. The fourth-order valence-electron chi connectivity index (χ4n) is 5.78. The lowest BCUT2D eigenvalue weighted by atomic mass is 10.1. The lowest BCUT2D eigenvalue weighted by molar-refractivity contribution is 0.0729. The van der Waals surface area contributed by atoms with E-state index in [2.05, 4.69) is 13.8 Å². The van der Waals surface area contributed by atoms with Crippen molar-refractivity contribution in [2.45, 2.75) is 136 Å². The van der Waals surface area contributed by atoms with E-state index in [0.717, 1.165) is 30.6 Å². The van der Waals surface area contributed by atoms with E-state index in [0.29, 0.717) is 41.6 Å². The number of hydrogen-bond donors (Lipinski definition) is 0. The van der Waals surface area contributed by atoms with Crippen LogP contribution in [0.4, 0.5) is 0 Å². The molecule has 6 nitrogen and oxygen atoms in total. The van der Waals surface area contributed by atoms with Crippen LogP contribution in [-0.4, -0.2) is 25.2 Å². The summed E-state index contributed by atoms with van der Waals surface area (Å²) < 4.78 is 23.0. The van der Waals surface area contributed by atoms with E-state index in [1.165, 1.54) is 96.3 Å². The van der Waals surface area contributed by atoms with Gasteiger partial charge in [0.2, 0.25) is 0 Å². The van der Waals surface area contributed by atoms with Crippen LogP contribution in [0.2, 0.25) is 0 Å². The number of carbonyl (C=O) groups is 2. The Kier molecular flexibility index (Phi) is 19.7. The largest absolute Gasteiger partial charge is 0.494 e. The number of esters is 2. The van der Waals surface area contributed by atoms with Crippen molar-refractivity contribution >= 4 is 11.9 Å². The molecule has 0 N–H and O–H groups in total. The third kappa shape index (κ3) is 16.0. The van der Waals surface area contributed by atoms with Gasteiger partial charge in [-0.05, 0) is 80.4 Å². The van der Waals surface area contributed by atoms with Gasteiger partial charge in [0.05, 0.1) is 24.3 Å². The maximum atomic E-state index is 13.0. The van der Waals surface area contributed by atoms with Crippen LogP contribution in [0, 0.1) is 6.92 Å². The highest BCUT2D eigenvalue weighted by molar-refractivity contribution is 5.94. The first-order valence-corrected chi connectivity index (χ1v) is 19.0. The summed E-state index contributed by atoms with van der Waals surface area (Å²) in [5.74, 6) is 1.27. The van der Waals surface area contributed by atoms with Crippen molar-refractivity contribution in [3.63, 3.8) is 0 Å². The Morgan fingerprint density at radius 2 is 0.898 bits per heavy atom. The number of rotatable bonds is 26. The first-order valence-electron chi connectivity index (χ1n) is 19.0. The third-order valence-electron chi connectivity index (χ3n) is 8.86. The maximum Gasteiger partial charge on any atom is 0.343 e. The monoisotopic (exact) mass is 672 g/mol. The summed E-state index contributed by atoms with van der Waals surface area (Å²) in [6.07, 6.45) is 22.9. The molecule has 0 fully saturated rings. The van der Waals surface area contributed by atoms with Crippen LogP contribution in [0.1, 0.15) is 156 Å². The molecule has 0 aromatic heterocycles. The van der Waals surface area contributed by atoms with Gasteiger partial charge in [0, 0.05) is 5.56 Å². The summed E-state index contributed by atoms with van der Waals surface area (Å²) in [5.41, 5.74) is 1.56. The summed E-state index contributed by atoms with van der Waals surface area (Å²) in [5, 5.41) is 0. The average molecular weight is 673 g/mol. The van der Waals surface area contributed by atoms with E-state index >= 15 is 0 Å². The molecule has 0 spiro atoms. The first-order chi connectivity index (χ1) is 24.0. The maximum absolute atomic E-state index is 13.0. The van der Waals surface area contributed by atoms with E-state index in [9.17, 15) is 9.59 Å². The molecule has 0 aliphatic heterocycles. The zero-order chi connectivity index (χ0) is 34.9. The molecular formula is C43H60O6. The predicted octanol–water partition coefficient (Wildman–Crippen LogP) is 12.3. The van der Waals surface area contributed by atoms with Crippen LogP contribution < -0.4 is 18.9 Å². The second kappa shape index (κ2) is 24.4. The van der Waals surface area contributed by atoms with Crippen molar-refractivity contribution in [2.24, 2.45) is 0 Å². The summed E-state index contributed by atoms with van der Waals surface area (Å²) in [7, 11) is 0. The Hall–Kier alpha value is -3.80. The van der Waals surface area contributed by atoms with Gasteiger partial charge in [0.15, 0.2) is 0 Å². The second-order valence-electron chi connectivity index (χ2n) is 13.1. The van der Waals surface area contributed by atoms with Crippen LogP contribution in [0.3, 0.4) is 0 Å². The third-order valence-corrected chi connectivity index (χ3v) is 8.86. The molecule has 0 saturated carbocycles. The van der Waals surface area contributed by atoms with E-state index < -0.39 is 11.9 Å². The molecular weight excluding hydrogens is 612 g/mol. The van der Waals surface area contributed by atoms with Gasteiger partial charge in [0.1, 0.15) is 23.0 Å². The van der Waals surface area contributed by atoms with E-state index in [1.54, 1.807) is 42.5 Å². The van der Waals surface area contributed by atoms with Crippen molar-refractivity contribution in [2.75, 3.05) is 13.2 Å². The summed E-state index contributed by atoms with van der Waals surface area (Å²) in [4.78, 5) is 25.7. The molecule has 0 atom stereocenters. The van der Waals surface area contributed by atoms with E-state index in [1.807, 2.05) is 31.2 Å². The number of hydrogen-bond acceptors (Lipinski definition) is 6. The molecule has 3 aromatic carbocycles. The topological polar surface area (TPSA) is 71.1 Å². The van der Waals surface area contributed by atoms with Gasteiger partial charge in [-0.1, -0.05) is 123 Å². The predicted molar refractivity (Wildman–Crippen MR) is 199 cm³/mol. The summed E-state index contributed by atoms with van der Waals surface area (Å²) in [6, 6.07) is 18.9. The minimum atomic E-state index is -0.493. The van der Waals surface area contributed by atoms with Crippen molar-refractivity contribution in [1.29, 1.82) is 0 Å². The molecule has 0 aliphatic carbocycles. The smallest absolute Gasteiger partial charge is 0.343 e. The van der Waals surface area contributed by atoms with Crippen molar-refractivity contribution < 1.29 is 28.5 Å². The standard InChI is InChI=1S/C43H60O6/c1-4-6-8-10-12-13-14-15-16-17-19-21-34-47-41-24-22-23-40(35(41)3)43(45)49-38-27-25-36(26-28-38)42(44)48-39-31-29-37(30-32-39)46-33-20-18-11-9-7-5-2/h22-32H,4-21,33-34H2,1-3H3. The van der Waals surface area contributed by atoms with Gasteiger partial charge in [0.25, 0.3) is 0 Å². The Morgan fingerprint density at radius 3 is 1.43 bits per heavy atom. The fraction of sp³-hybridized carbons (Fsp3) is 0.535. The molecule has 0 bridgehead atoms. The van der Waals surface area contributed by atoms with Gasteiger partial charge >= 0.3 is 11.9 Å². The molecule has 0 saturated heterocycles. The zero-order valence-electron chi connectivity index (χ0n) is 30.4. The number of ether oxygens (including phenoxy) is 4. The van der Waals surface area contributed by atoms with Crippen LogP contribution in [0.25, 0.3) is 0 Å². The average Bonchev–Trinajstić information content (AvgIpc) is 3.11. The highest BCUT2D eigenvalue weighted by atomic mass is 16.5. The zero-order valence-corrected chi connectivity index (χ0v) is 30.4. The van der Waals surface area contributed by atoms with Gasteiger partial charge < -0.3 is 18.9 Å². The second-order valence-corrected chi connectivity index (χ2v) is 13.1. The Balaban J connectivity index is 1.35. The number of carbonyl (C=O) groups excluding carboxylic acids is 2. The lowest BCUT2D eigenvalue weighted by Gasteiger charge is -2.13. The van der Waals surface area contributed by atoms with Crippen molar-refractivity contribution in [3.8, 4) is 23.0 Å². The molecule has 0 aliphatic rings. The van der Waals surface area contributed by atoms with Gasteiger partial charge in [-0.2, -0.15) is 0 Å². The number of benzene rings is 3. The first kappa shape index (κ1) is 39.6. The van der Waals surface area contributed by atoms with Crippen molar-refractivity contribution in [3.05, 3.63) is 83.4 Å². The van der Waals surface area contributed by atoms with Crippen molar-refractivity contribution in [1.82, 2.24) is 0 Å². The molecule has 0 unspecified atom stereocenters. The molecule has 268 valence electrons. The molecule has 0 heterocycles. The van der Waals surface area contributed by atoms with Crippen LogP contribution in [0.5, 0.6) is 23.0 Å². The number of unbranched alkanes of at least 4 members (excludes halogenated alkanes) is 16. The highest BCUT2D eigenvalue weighted by Crippen LogP contribution is 2.25. The minimum absolute atomic E-state index is 0.343. The quantitative estimate of drug-likeness (QED) is 0.0480. The molecule has 3 aromatic rings. The lowest BCUT2D eigenvalue weighted by Crippen LogP contribution is -2.12. The van der Waals surface area contributed by atoms with Crippen LogP contribution in [-0.2, 0) is 0 Å². The normalized spacial score (nSPS) is 10.9. The molecule has 6 heteroatoms. The van der Waals surface area contributed by atoms with E-state index in [4.69, 9.17) is 18.9 Å². The van der Waals surface area contributed by atoms with Gasteiger partial charge in [-0.3, -0.25) is 0 Å². The molecule has 0 radical (unpaired) electrons. The summed E-state index contributed by atoms with van der Waals surface area (Å²) >= 11 is 0. The Labute approximate surface area is 295 Å². The fourth-order valence-corrected chi connectivity index (χ4v) is 5.78. The van der Waals surface area contributed by atoms with Crippen LogP contribution in [0.15, 0.2) is 66.7 Å². The van der Waals surface area contributed by atoms with E-state index in [-0.39, 0.29) is 0 Å². The highest BCUT2D eigenvalue weighted by Gasteiger charge is 2.16. The Morgan fingerprint density at radius 1 is 0.469 bits per heavy atom. The summed E-state index contributed by atoms with van der Waals surface area (Å²) in [6.45, 7) is 7.67. The molecule has 0 amide bonds. The molecule has 49 heavy (non-hydrogen) atoms. The Bertz CT molecular complexity index is 1330.